The van der Waals surface area contributed by atoms with Gasteiger partial charge in [0.25, 0.3) is 5.91 Å². The maximum absolute atomic E-state index is 11.5. The molecule has 3 nitrogen and oxygen atoms in total. The molecule has 1 N–H and O–H groups in total. The van der Waals surface area contributed by atoms with Crippen LogP contribution in [0.2, 0.25) is 0 Å². The highest BCUT2D eigenvalue weighted by Gasteiger charge is 2.22. The van der Waals surface area contributed by atoms with Gasteiger partial charge in [0, 0.05) is 11.5 Å². The number of carbonyl (C=O) groups excluding carboxylic acids is 1. The molecule has 2 aromatic rings. The van der Waals surface area contributed by atoms with Gasteiger partial charge in [-0.15, -0.1) is 0 Å². The van der Waals surface area contributed by atoms with Crippen molar-refractivity contribution in [3.63, 3.8) is 0 Å². The number of amides is 1. The van der Waals surface area contributed by atoms with Gasteiger partial charge in [0.1, 0.15) is 15.7 Å². The van der Waals surface area contributed by atoms with Crippen molar-refractivity contribution in [2.45, 2.75) is 0 Å². The molecule has 0 saturated carbocycles. The molecule has 1 aromatic heterocycles. The van der Waals surface area contributed by atoms with E-state index >= 15 is 0 Å². The molecule has 5 heteroatoms. The summed E-state index contributed by atoms with van der Waals surface area (Å²) in [7, 11) is 0. The summed E-state index contributed by atoms with van der Waals surface area (Å²) in [5.74, 6) is 0.494. The topological polar surface area (TPSA) is 42.2 Å². The summed E-state index contributed by atoms with van der Waals surface area (Å²) in [6.45, 7) is 0. The number of hydrogen-bond donors (Lipinski definition) is 1. The Labute approximate surface area is 107 Å². The van der Waals surface area contributed by atoms with Crippen molar-refractivity contribution in [2.75, 3.05) is 0 Å². The van der Waals surface area contributed by atoms with Crippen LogP contribution in [0.25, 0.3) is 17.0 Å². The van der Waals surface area contributed by atoms with Crippen LogP contribution in [0, 0.1) is 0 Å². The van der Waals surface area contributed by atoms with Crippen LogP contribution in [0.15, 0.2) is 39.7 Å². The molecule has 0 atom stereocenters. The van der Waals surface area contributed by atoms with Gasteiger partial charge in [-0.3, -0.25) is 4.79 Å². The lowest BCUT2D eigenvalue weighted by Gasteiger charge is -1.88. The van der Waals surface area contributed by atoms with Crippen LogP contribution in [0.4, 0.5) is 0 Å². The van der Waals surface area contributed by atoms with Crippen molar-refractivity contribution in [3.05, 3.63) is 41.0 Å². The van der Waals surface area contributed by atoms with Gasteiger partial charge in [-0.05, 0) is 12.1 Å². The second-order valence-electron chi connectivity index (χ2n) is 3.54. The number of thiocarbonyl (C=S) groups is 1. The Morgan fingerprint density at radius 1 is 1.35 bits per heavy atom. The molecule has 0 aliphatic carbocycles. The zero-order valence-electron chi connectivity index (χ0n) is 8.60. The molecule has 0 spiro atoms. The van der Waals surface area contributed by atoms with Crippen LogP contribution >= 0.6 is 24.0 Å². The smallest absolute Gasteiger partial charge is 0.263 e. The molecule has 2 heterocycles. The monoisotopic (exact) mass is 261 g/mol. The Hall–Kier alpha value is -1.59. The summed E-state index contributed by atoms with van der Waals surface area (Å²) in [6.07, 6.45) is 1.71. The van der Waals surface area contributed by atoms with Crippen molar-refractivity contribution in [2.24, 2.45) is 0 Å². The van der Waals surface area contributed by atoms with Crippen molar-refractivity contribution in [1.82, 2.24) is 5.32 Å². The lowest BCUT2D eigenvalue weighted by Crippen LogP contribution is -2.17. The molecule has 17 heavy (non-hydrogen) atoms. The summed E-state index contributed by atoms with van der Waals surface area (Å²) in [5, 5.41) is 3.59. The third-order valence-corrected chi connectivity index (χ3v) is 3.52. The van der Waals surface area contributed by atoms with E-state index in [4.69, 9.17) is 16.6 Å². The summed E-state index contributed by atoms with van der Waals surface area (Å²) in [5.41, 5.74) is 0.810. The first-order chi connectivity index (χ1) is 8.22. The minimum absolute atomic E-state index is 0.166. The SMILES string of the molecule is O=C1NC(=S)S/C1=C\c1cc2ccccc2o1. The third kappa shape index (κ3) is 1.99. The van der Waals surface area contributed by atoms with Gasteiger partial charge in [0.05, 0.1) is 4.91 Å². The molecule has 1 aromatic carbocycles. The Kier molecular flexibility index (Phi) is 2.49. The quantitative estimate of drug-likeness (QED) is 0.633. The summed E-state index contributed by atoms with van der Waals surface area (Å²) < 4.78 is 6.08. The van der Waals surface area contributed by atoms with Gasteiger partial charge in [0.2, 0.25) is 0 Å². The standard InChI is InChI=1S/C12H7NO2S2/c14-11-10(17-12(16)13-11)6-8-5-7-3-1-2-4-9(7)15-8/h1-6H,(H,13,14,16)/b10-6-. The maximum Gasteiger partial charge on any atom is 0.263 e. The molecule has 1 aliphatic heterocycles. The number of carbonyl (C=O) groups is 1. The van der Waals surface area contributed by atoms with Crippen molar-refractivity contribution >= 4 is 51.3 Å². The number of para-hydroxylation sites is 1. The molecule has 0 radical (unpaired) electrons. The average molecular weight is 261 g/mol. The van der Waals surface area contributed by atoms with E-state index in [9.17, 15) is 4.79 Å². The zero-order chi connectivity index (χ0) is 11.8. The predicted molar refractivity (Wildman–Crippen MR) is 72.5 cm³/mol. The lowest BCUT2D eigenvalue weighted by atomic mass is 10.2. The number of rotatable bonds is 1. The number of furan rings is 1. The maximum atomic E-state index is 11.5. The van der Waals surface area contributed by atoms with E-state index in [0.717, 1.165) is 11.0 Å². The Balaban J connectivity index is 2.02. The van der Waals surface area contributed by atoms with Crippen LogP contribution < -0.4 is 5.32 Å². The van der Waals surface area contributed by atoms with E-state index in [1.165, 1.54) is 11.8 Å². The van der Waals surface area contributed by atoms with Crippen molar-refractivity contribution in [3.8, 4) is 0 Å². The number of nitrogens with one attached hydrogen (secondary N) is 1. The van der Waals surface area contributed by atoms with E-state index in [2.05, 4.69) is 5.32 Å². The summed E-state index contributed by atoms with van der Waals surface area (Å²) in [6, 6.07) is 9.62. The average Bonchev–Trinajstić information content (AvgIpc) is 2.82. The van der Waals surface area contributed by atoms with Crippen LogP contribution in [0.1, 0.15) is 5.76 Å². The van der Waals surface area contributed by atoms with E-state index in [1.807, 2.05) is 30.3 Å². The van der Waals surface area contributed by atoms with E-state index in [-0.39, 0.29) is 5.91 Å². The highest BCUT2D eigenvalue weighted by atomic mass is 32.2. The number of fused-ring (bicyclic) bond motifs is 1. The fourth-order valence-electron chi connectivity index (χ4n) is 1.62. The molecule has 1 amide bonds. The minimum atomic E-state index is -0.166. The molecule has 3 rings (SSSR count). The van der Waals surface area contributed by atoms with Crippen molar-refractivity contribution in [1.29, 1.82) is 0 Å². The van der Waals surface area contributed by atoms with Gasteiger partial charge in [-0.25, -0.2) is 0 Å². The Morgan fingerprint density at radius 3 is 2.88 bits per heavy atom. The first-order valence-corrected chi connectivity index (χ1v) is 6.18. The molecule has 1 fully saturated rings. The van der Waals surface area contributed by atoms with Crippen LogP contribution in [-0.2, 0) is 4.79 Å². The number of thioether (sulfide) groups is 1. The second-order valence-corrected chi connectivity index (χ2v) is 5.26. The summed E-state index contributed by atoms with van der Waals surface area (Å²) >= 11 is 6.16. The number of hydrogen-bond acceptors (Lipinski definition) is 4. The normalized spacial score (nSPS) is 18.0. The first kappa shape index (κ1) is 10.6. The van der Waals surface area contributed by atoms with Crippen molar-refractivity contribution < 1.29 is 9.21 Å². The zero-order valence-corrected chi connectivity index (χ0v) is 10.2. The van der Waals surface area contributed by atoms with Crippen LogP contribution in [0.3, 0.4) is 0 Å². The third-order valence-electron chi connectivity index (χ3n) is 2.36. The number of benzene rings is 1. The molecule has 84 valence electrons. The molecular weight excluding hydrogens is 254 g/mol. The van der Waals surface area contributed by atoms with Gasteiger partial charge in [-0.2, -0.15) is 0 Å². The molecule has 1 aliphatic rings. The molecular formula is C12H7NO2S2. The first-order valence-electron chi connectivity index (χ1n) is 4.96. The highest BCUT2D eigenvalue weighted by Crippen LogP contribution is 2.28. The van der Waals surface area contributed by atoms with E-state index < -0.39 is 0 Å². The van der Waals surface area contributed by atoms with E-state index in [0.29, 0.717) is 15.0 Å². The van der Waals surface area contributed by atoms with Gasteiger partial charge in [-0.1, -0.05) is 42.2 Å². The van der Waals surface area contributed by atoms with Gasteiger partial charge >= 0.3 is 0 Å². The predicted octanol–water partition coefficient (Wildman–Crippen LogP) is 2.92. The fourth-order valence-corrected chi connectivity index (χ4v) is 2.65. The lowest BCUT2D eigenvalue weighted by molar-refractivity contribution is -0.115. The molecule has 0 unspecified atom stereocenters. The highest BCUT2D eigenvalue weighted by molar-refractivity contribution is 8.26. The summed E-state index contributed by atoms with van der Waals surface area (Å²) in [4.78, 5) is 12.0. The fraction of sp³-hybridized carbons (Fsp3) is 0. The van der Waals surface area contributed by atoms with E-state index in [1.54, 1.807) is 6.08 Å². The minimum Gasteiger partial charge on any atom is -0.457 e. The molecule has 0 bridgehead atoms. The largest absolute Gasteiger partial charge is 0.457 e. The molecule has 1 saturated heterocycles. The second kappa shape index (κ2) is 4.01. The Morgan fingerprint density at radius 2 is 2.18 bits per heavy atom. The van der Waals surface area contributed by atoms with Crippen LogP contribution in [0.5, 0.6) is 0 Å². The van der Waals surface area contributed by atoms with Crippen LogP contribution in [-0.4, -0.2) is 10.2 Å². The van der Waals surface area contributed by atoms with Gasteiger partial charge < -0.3 is 9.73 Å². The Bertz CT molecular complexity index is 624. The van der Waals surface area contributed by atoms with Gasteiger partial charge in [0.15, 0.2) is 0 Å².